The molecule has 1 heteroatoms. The molecular weight excluding hydrogens is 230 g/mol. The number of hydrogen-bond acceptors (Lipinski definition) is 1. The van der Waals surface area contributed by atoms with Crippen LogP contribution < -0.4 is 4.90 Å². The van der Waals surface area contributed by atoms with Crippen molar-refractivity contribution in [3.63, 3.8) is 0 Å². The van der Waals surface area contributed by atoms with Crippen LogP contribution in [0.2, 0.25) is 0 Å². The zero-order chi connectivity index (χ0) is 13.1. The van der Waals surface area contributed by atoms with Crippen LogP contribution in [0, 0.1) is 0 Å². The third-order valence-corrected chi connectivity index (χ3v) is 3.78. The Kier molecular flexibility index (Phi) is 3.37. The van der Waals surface area contributed by atoms with Crippen molar-refractivity contribution in [3.05, 3.63) is 71.8 Å². The molecule has 1 nitrogen and oxygen atoms in total. The lowest BCUT2D eigenvalue weighted by atomic mass is 10.1. The fourth-order valence-corrected chi connectivity index (χ4v) is 2.71. The highest BCUT2D eigenvalue weighted by Crippen LogP contribution is 2.29. The van der Waals surface area contributed by atoms with E-state index in [0.29, 0.717) is 6.04 Å². The lowest BCUT2D eigenvalue weighted by molar-refractivity contribution is 0.767. The van der Waals surface area contributed by atoms with Crippen LogP contribution in [0.4, 0.5) is 5.69 Å². The van der Waals surface area contributed by atoms with Gasteiger partial charge in [-0.2, -0.15) is 0 Å². The van der Waals surface area contributed by atoms with E-state index in [4.69, 9.17) is 0 Å². The van der Waals surface area contributed by atoms with Gasteiger partial charge < -0.3 is 4.90 Å². The summed E-state index contributed by atoms with van der Waals surface area (Å²) in [5, 5.41) is 0. The third kappa shape index (κ3) is 2.55. The Morgan fingerprint density at radius 1 is 1.00 bits per heavy atom. The molecule has 0 spiro atoms. The first-order chi connectivity index (χ1) is 9.34. The highest BCUT2D eigenvalue weighted by molar-refractivity contribution is 5.60. The lowest BCUT2D eigenvalue weighted by Crippen LogP contribution is -2.29. The van der Waals surface area contributed by atoms with Gasteiger partial charge >= 0.3 is 0 Å². The monoisotopic (exact) mass is 249 g/mol. The van der Waals surface area contributed by atoms with E-state index in [2.05, 4.69) is 78.6 Å². The van der Waals surface area contributed by atoms with Crippen LogP contribution in [0.3, 0.4) is 0 Å². The minimum Gasteiger partial charge on any atom is -0.365 e. The van der Waals surface area contributed by atoms with E-state index in [1.54, 1.807) is 0 Å². The maximum absolute atomic E-state index is 2.48. The molecule has 1 aliphatic rings. The molecule has 1 atom stereocenters. The maximum atomic E-state index is 2.48. The summed E-state index contributed by atoms with van der Waals surface area (Å²) in [6, 6.07) is 19.7. The van der Waals surface area contributed by atoms with Crippen LogP contribution in [-0.2, 0) is 6.42 Å². The zero-order valence-electron chi connectivity index (χ0n) is 11.3. The Bertz CT molecular complexity index is 571. The molecule has 2 aromatic carbocycles. The maximum Gasteiger partial charge on any atom is 0.0448 e. The van der Waals surface area contributed by atoms with Crippen molar-refractivity contribution in [2.75, 3.05) is 11.4 Å². The molecule has 3 rings (SSSR count). The number of hydrogen-bond donors (Lipinski definition) is 0. The fourth-order valence-electron chi connectivity index (χ4n) is 2.71. The molecule has 0 bridgehead atoms. The SMILES string of the molecule is CC(C=Cc1ccccc1)N1CCc2ccccc21. The van der Waals surface area contributed by atoms with Gasteiger partial charge in [-0.15, -0.1) is 0 Å². The van der Waals surface area contributed by atoms with E-state index < -0.39 is 0 Å². The normalized spacial score (nSPS) is 15.7. The molecule has 0 fully saturated rings. The second-order valence-corrected chi connectivity index (χ2v) is 5.08. The molecule has 2 aromatic rings. The average Bonchev–Trinajstić information content (AvgIpc) is 2.90. The van der Waals surface area contributed by atoms with Crippen LogP contribution >= 0.6 is 0 Å². The van der Waals surface area contributed by atoms with E-state index in [0.717, 1.165) is 6.54 Å². The molecule has 0 aliphatic carbocycles. The number of rotatable bonds is 3. The van der Waals surface area contributed by atoms with E-state index in [9.17, 15) is 0 Å². The van der Waals surface area contributed by atoms with Gasteiger partial charge in [0.2, 0.25) is 0 Å². The largest absolute Gasteiger partial charge is 0.365 e. The van der Waals surface area contributed by atoms with Crippen molar-refractivity contribution in [2.24, 2.45) is 0 Å². The predicted octanol–water partition coefficient (Wildman–Crippen LogP) is 4.15. The molecule has 0 radical (unpaired) electrons. The highest BCUT2D eigenvalue weighted by Gasteiger charge is 2.20. The Hall–Kier alpha value is -2.02. The van der Waals surface area contributed by atoms with Gasteiger partial charge in [-0.3, -0.25) is 0 Å². The van der Waals surface area contributed by atoms with Gasteiger partial charge in [0, 0.05) is 18.3 Å². The van der Waals surface area contributed by atoms with Crippen LogP contribution in [0.15, 0.2) is 60.7 Å². The van der Waals surface area contributed by atoms with Crippen molar-refractivity contribution in [1.82, 2.24) is 0 Å². The smallest absolute Gasteiger partial charge is 0.0448 e. The average molecular weight is 249 g/mol. The Balaban J connectivity index is 1.76. The topological polar surface area (TPSA) is 3.24 Å². The molecular formula is C18H19N. The molecule has 19 heavy (non-hydrogen) atoms. The molecule has 1 unspecified atom stereocenters. The second-order valence-electron chi connectivity index (χ2n) is 5.08. The Morgan fingerprint density at radius 2 is 1.74 bits per heavy atom. The first kappa shape index (κ1) is 12.0. The molecule has 96 valence electrons. The van der Waals surface area contributed by atoms with Gasteiger partial charge in [0.25, 0.3) is 0 Å². The standard InChI is InChI=1S/C18H19N/c1-15(11-12-16-7-3-2-4-8-16)19-14-13-17-9-5-6-10-18(17)19/h2-12,15H,13-14H2,1H3. The van der Waals surface area contributed by atoms with Crippen molar-refractivity contribution in [2.45, 2.75) is 19.4 Å². The summed E-state index contributed by atoms with van der Waals surface area (Å²) < 4.78 is 0. The summed E-state index contributed by atoms with van der Waals surface area (Å²) in [7, 11) is 0. The molecule has 0 saturated carbocycles. The van der Waals surface area contributed by atoms with Crippen LogP contribution in [0.1, 0.15) is 18.1 Å². The van der Waals surface area contributed by atoms with Crippen molar-refractivity contribution in [3.8, 4) is 0 Å². The zero-order valence-corrected chi connectivity index (χ0v) is 11.3. The van der Waals surface area contributed by atoms with E-state index in [-0.39, 0.29) is 0 Å². The van der Waals surface area contributed by atoms with Crippen LogP contribution in [0.25, 0.3) is 6.08 Å². The van der Waals surface area contributed by atoms with E-state index in [1.807, 2.05) is 0 Å². The summed E-state index contributed by atoms with van der Waals surface area (Å²) >= 11 is 0. The fraction of sp³-hybridized carbons (Fsp3) is 0.222. The number of fused-ring (bicyclic) bond motifs is 1. The molecule has 0 saturated heterocycles. The van der Waals surface area contributed by atoms with Gasteiger partial charge in [-0.1, -0.05) is 60.7 Å². The summed E-state index contributed by atoms with van der Waals surface area (Å²) in [5.74, 6) is 0. The molecule has 1 aliphatic heterocycles. The van der Waals surface area contributed by atoms with Crippen molar-refractivity contribution < 1.29 is 0 Å². The molecule has 0 N–H and O–H groups in total. The quantitative estimate of drug-likeness (QED) is 0.790. The van der Waals surface area contributed by atoms with Gasteiger partial charge in [0.15, 0.2) is 0 Å². The third-order valence-electron chi connectivity index (χ3n) is 3.78. The Labute approximate surface area is 115 Å². The Morgan fingerprint density at radius 3 is 2.58 bits per heavy atom. The number of para-hydroxylation sites is 1. The summed E-state index contributed by atoms with van der Waals surface area (Å²) in [4.78, 5) is 2.48. The predicted molar refractivity (Wildman–Crippen MR) is 82.4 cm³/mol. The van der Waals surface area contributed by atoms with Crippen LogP contribution in [0.5, 0.6) is 0 Å². The van der Waals surface area contributed by atoms with Gasteiger partial charge in [0.1, 0.15) is 0 Å². The van der Waals surface area contributed by atoms with Gasteiger partial charge in [-0.25, -0.2) is 0 Å². The number of anilines is 1. The summed E-state index contributed by atoms with van der Waals surface area (Å²) in [5.41, 5.74) is 4.14. The van der Waals surface area contributed by atoms with Crippen molar-refractivity contribution in [1.29, 1.82) is 0 Å². The minimum absolute atomic E-state index is 0.434. The van der Waals surface area contributed by atoms with Crippen molar-refractivity contribution >= 4 is 11.8 Å². The van der Waals surface area contributed by atoms with E-state index in [1.165, 1.54) is 23.2 Å². The molecule has 0 aromatic heterocycles. The van der Waals surface area contributed by atoms with Crippen LogP contribution in [-0.4, -0.2) is 12.6 Å². The molecule has 1 heterocycles. The highest BCUT2D eigenvalue weighted by atomic mass is 15.2. The summed E-state index contributed by atoms with van der Waals surface area (Å²) in [6.07, 6.45) is 5.67. The lowest BCUT2D eigenvalue weighted by Gasteiger charge is -2.24. The first-order valence-corrected chi connectivity index (χ1v) is 6.92. The van der Waals surface area contributed by atoms with Gasteiger partial charge in [0.05, 0.1) is 0 Å². The second kappa shape index (κ2) is 5.31. The number of benzene rings is 2. The minimum atomic E-state index is 0.434. The first-order valence-electron chi connectivity index (χ1n) is 6.92. The van der Waals surface area contributed by atoms with E-state index >= 15 is 0 Å². The molecule has 0 amide bonds. The summed E-state index contributed by atoms with van der Waals surface area (Å²) in [6.45, 7) is 3.39. The van der Waals surface area contributed by atoms with Gasteiger partial charge in [-0.05, 0) is 30.5 Å². The number of nitrogens with zero attached hydrogens (tertiary/aromatic N) is 1.